The molecule has 0 bridgehead atoms. The second kappa shape index (κ2) is 8.59. The molecule has 2 aromatic rings. The molecule has 0 aliphatic rings. The SMILES string of the molecule is Cc1c(C(=O)NCC(CO)Cc2ccccn2)cnn1CC(C)C. The number of amides is 1. The van der Waals surface area contributed by atoms with Crippen LogP contribution in [0.2, 0.25) is 0 Å². The van der Waals surface area contributed by atoms with Gasteiger partial charge in [-0.3, -0.25) is 14.5 Å². The number of carbonyl (C=O) groups is 1. The molecule has 6 heteroatoms. The third-order valence-electron chi connectivity index (χ3n) is 3.92. The molecule has 1 atom stereocenters. The first-order valence-corrected chi connectivity index (χ1v) is 8.32. The van der Waals surface area contributed by atoms with Crippen molar-refractivity contribution in [2.45, 2.75) is 33.7 Å². The lowest BCUT2D eigenvalue weighted by molar-refractivity contribution is 0.0939. The van der Waals surface area contributed by atoms with Gasteiger partial charge in [-0.1, -0.05) is 19.9 Å². The maximum absolute atomic E-state index is 12.4. The summed E-state index contributed by atoms with van der Waals surface area (Å²) in [6.45, 7) is 7.33. The third kappa shape index (κ3) is 4.89. The van der Waals surface area contributed by atoms with Crippen molar-refractivity contribution in [2.24, 2.45) is 11.8 Å². The molecule has 2 aromatic heterocycles. The molecular weight excluding hydrogens is 304 g/mol. The highest BCUT2D eigenvalue weighted by Gasteiger charge is 2.17. The summed E-state index contributed by atoms with van der Waals surface area (Å²) in [4.78, 5) is 16.6. The van der Waals surface area contributed by atoms with Gasteiger partial charge in [-0.05, 0) is 31.4 Å². The van der Waals surface area contributed by atoms with E-state index in [0.717, 1.165) is 17.9 Å². The van der Waals surface area contributed by atoms with Crippen molar-refractivity contribution in [1.82, 2.24) is 20.1 Å². The quantitative estimate of drug-likeness (QED) is 0.774. The van der Waals surface area contributed by atoms with E-state index in [1.54, 1.807) is 12.4 Å². The number of aliphatic hydroxyl groups excluding tert-OH is 1. The van der Waals surface area contributed by atoms with Gasteiger partial charge in [0.05, 0.1) is 11.8 Å². The molecular formula is C18H26N4O2. The number of nitrogens with zero attached hydrogens (tertiary/aromatic N) is 3. The second-order valence-electron chi connectivity index (χ2n) is 6.50. The molecule has 0 aliphatic carbocycles. The van der Waals surface area contributed by atoms with E-state index in [2.05, 4.69) is 29.2 Å². The number of pyridine rings is 1. The Bertz CT molecular complexity index is 652. The summed E-state index contributed by atoms with van der Waals surface area (Å²) in [6, 6.07) is 5.70. The monoisotopic (exact) mass is 330 g/mol. The Morgan fingerprint density at radius 3 is 2.79 bits per heavy atom. The average molecular weight is 330 g/mol. The van der Waals surface area contributed by atoms with Crippen LogP contribution in [0.5, 0.6) is 0 Å². The van der Waals surface area contributed by atoms with Crippen LogP contribution >= 0.6 is 0 Å². The van der Waals surface area contributed by atoms with Gasteiger partial charge in [-0.25, -0.2) is 0 Å². The van der Waals surface area contributed by atoms with Gasteiger partial charge >= 0.3 is 0 Å². The number of hydrogen-bond donors (Lipinski definition) is 2. The Balaban J connectivity index is 1.93. The minimum atomic E-state index is -0.151. The van der Waals surface area contributed by atoms with Crippen LogP contribution < -0.4 is 5.32 Å². The van der Waals surface area contributed by atoms with E-state index >= 15 is 0 Å². The van der Waals surface area contributed by atoms with E-state index in [0.29, 0.717) is 24.4 Å². The molecule has 2 heterocycles. The molecule has 1 amide bonds. The standard InChI is InChI=1S/C18H26N4O2/c1-13(2)11-22-14(3)17(10-21-22)18(24)20-9-15(12-23)8-16-6-4-5-7-19-16/h4-7,10,13,15,23H,8-9,11-12H2,1-3H3,(H,20,24). The van der Waals surface area contributed by atoms with E-state index in [-0.39, 0.29) is 18.4 Å². The first-order chi connectivity index (χ1) is 11.5. The maximum Gasteiger partial charge on any atom is 0.254 e. The minimum absolute atomic E-state index is 0.00243. The van der Waals surface area contributed by atoms with Crippen molar-refractivity contribution < 1.29 is 9.90 Å². The van der Waals surface area contributed by atoms with Crippen LogP contribution in [0.3, 0.4) is 0 Å². The lowest BCUT2D eigenvalue weighted by Gasteiger charge is -2.14. The molecule has 0 saturated carbocycles. The molecule has 0 fully saturated rings. The molecule has 24 heavy (non-hydrogen) atoms. The van der Waals surface area contributed by atoms with Crippen molar-refractivity contribution in [3.05, 3.63) is 47.5 Å². The fraction of sp³-hybridized carbons (Fsp3) is 0.500. The molecule has 130 valence electrons. The van der Waals surface area contributed by atoms with Crippen LogP contribution in [-0.2, 0) is 13.0 Å². The van der Waals surface area contributed by atoms with E-state index in [4.69, 9.17) is 0 Å². The van der Waals surface area contributed by atoms with Gasteiger partial charge in [0, 0.05) is 43.2 Å². The number of carbonyl (C=O) groups excluding carboxylic acids is 1. The Morgan fingerprint density at radius 1 is 1.38 bits per heavy atom. The van der Waals surface area contributed by atoms with Crippen LogP contribution in [0.4, 0.5) is 0 Å². The van der Waals surface area contributed by atoms with Crippen molar-refractivity contribution in [1.29, 1.82) is 0 Å². The first-order valence-electron chi connectivity index (χ1n) is 8.32. The maximum atomic E-state index is 12.4. The zero-order valence-electron chi connectivity index (χ0n) is 14.6. The number of rotatable bonds is 8. The number of aliphatic hydroxyl groups is 1. The summed E-state index contributed by atoms with van der Waals surface area (Å²) in [5.41, 5.74) is 2.36. The topological polar surface area (TPSA) is 80.0 Å². The van der Waals surface area contributed by atoms with E-state index in [1.165, 1.54) is 0 Å². The Kier molecular flexibility index (Phi) is 6.49. The summed E-state index contributed by atoms with van der Waals surface area (Å²) in [5, 5.41) is 16.7. The lowest BCUT2D eigenvalue weighted by Crippen LogP contribution is -2.32. The van der Waals surface area contributed by atoms with E-state index < -0.39 is 0 Å². The lowest BCUT2D eigenvalue weighted by atomic mass is 10.0. The first kappa shape index (κ1) is 18.1. The van der Waals surface area contributed by atoms with Gasteiger partial charge in [0.2, 0.25) is 0 Å². The van der Waals surface area contributed by atoms with Crippen LogP contribution in [0.25, 0.3) is 0 Å². The third-order valence-corrected chi connectivity index (χ3v) is 3.92. The van der Waals surface area contributed by atoms with Gasteiger partial charge in [0.25, 0.3) is 5.91 Å². The van der Waals surface area contributed by atoms with Gasteiger partial charge in [0.15, 0.2) is 0 Å². The molecule has 0 spiro atoms. The summed E-state index contributed by atoms with van der Waals surface area (Å²) >= 11 is 0. The summed E-state index contributed by atoms with van der Waals surface area (Å²) in [7, 11) is 0. The van der Waals surface area contributed by atoms with Crippen LogP contribution in [-0.4, -0.2) is 38.9 Å². The smallest absolute Gasteiger partial charge is 0.254 e. The summed E-state index contributed by atoms with van der Waals surface area (Å²) < 4.78 is 1.86. The molecule has 0 aromatic carbocycles. The van der Waals surface area contributed by atoms with Gasteiger partial charge in [-0.15, -0.1) is 0 Å². The average Bonchev–Trinajstić information content (AvgIpc) is 2.92. The zero-order valence-corrected chi connectivity index (χ0v) is 14.6. The van der Waals surface area contributed by atoms with Crippen molar-refractivity contribution in [3.63, 3.8) is 0 Å². The summed E-state index contributed by atoms with van der Waals surface area (Å²) in [5.74, 6) is 0.258. The normalized spacial score (nSPS) is 12.4. The number of nitrogens with one attached hydrogen (secondary N) is 1. The zero-order chi connectivity index (χ0) is 17.5. The van der Waals surface area contributed by atoms with Crippen LogP contribution in [0, 0.1) is 18.8 Å². The summed E-state index contributed by atoms with van der Waals surface area (Å²) in [6.07, 6.45) is 3.97. The predicted molar refractivity (Wildman–Crippen MR) is 92.7 cm³/mol. The highest BCUT2D eigenvalue weighted by molar-refractivity contribution is 5.95. The van der Waals surface area contributed by atoms with Crippen LogP contribution in [0.15, 0.2) is 30.6 Å². The number of hydrogen-bond acceptors (Lipinski definition) is 4. The Hall–Kier alpha value is -2.21. The van der Waals surface area contributed by atoms with Crippen molar-refractivity contribution in [2.75, 3.05) is 13.2 Å². The van der Waals surface area contributed by atoms with Crippen LogP contribution in [0.1, 0.15) is 35.6 Å². The molecule has 1 unspecified atom stereocenters. The van der Waals surface area contributed by atoms with Gasteiger partial charge in [-0.2, -0.15) is 5.10 Å². The fourth-order valence-corrected chi connectivity index (χ4v) is 2.55. The molecule has 0 radical (unpaired) electrons. The highest BCUT2D eigenvalue weighted by Crippen LogP contribution is 2.10. The largest absolute Gasteiger partial charge is 0.396 e. The fourth-order valence-electron chi connectivity index (χ4n) is 2.55. The molecule has 0 saturated heterocycles. The predicted octanol–water partition coefficient (Wildman–Crippen LogP) is 1.82. The molecule has 0 aliphatic heterocycles. The molecule has 2 N–H and O–H groups in total. The second-order valence-corrected chi connectivity index (χ2v) is 6.50. The molecule has 6 nitrogen and oxygen atoms in total. The van der Waals surface area contributed by atoms with E-state index in [1.807, 2.05) is 29.8 Å². The van der Waals surface area contributed by atoms with Gasteiger partial charge in [0.1, 0.15) is 0 Å². The van der Waals surface area contributed by atoms with E-state index in [9.17, 15) is 9.90 Å². The highest BCUT2D eigenvalue weighted by atomic mass is 16.3. The Morgan fingerprint density at radius 2 is 2.17 bits per heavy atom. The molecule has 2 rings (SSSR count). The van der Waals surface area contributed by atoms with Gasteiger partial charge < -0.3 is 10.4 Å². The van der Waals surface area contributed by atoms with Crippen molar-refractivity contribution >= 4 is 5.91 Å². The van der Waals surface area contributed by atoms with Crippen molar-refractivity contribution in [3.8, 4) is 0 Å². The Labute approximate surface area is 142 Å². The number of aromatic nitrogens is 3. The minimum Gasteiger partial charge on any atom is -0.396 e.